The SMILES string of the molecule is Cc1nc(C)c(C(=O)C2=C(O)C(=O)N(c3ccccc3C)C2c2ccc(N(C)C)cc2)s1. The first-order chi connectivity index (χ1) is 15.2. The molecule has 1 unspecified atom stereocenters. The number of amides is 1. The van der Waals surface area contributed by atoms with E-state index >= 15 is 0 Å². The van der Waals surface area contributed by atoms with Gasteiger partial charge in [0.1, 0.15) is 0 Å². The van der Waals surface area contributed by atoms with Crippen LogP contribution in [0, 0.1) is 20.8 Å². The Morgan fingerprint density at radius 3 is 2.28 bits per heavy atom. The average Bonchev–Trinajstić information content (AvgIpc) is 3.23. The van der Waals surface area contributed by atoms with Gasteiger partial charge >= 0.3 is 0 Å². The number of nitrogens with zero attached hydrogens (tertiary/aromatic N) is 3. The summed E-state index contributed by atoms with van der Waals surface area (Å²) in [5.41, 5.74) is 3.96. The Labute approximate surface area is 191 Å². The van der Waals surface area contributed by atoms with Crippen molar-refractivity contribution in [1.29, 1.82) is 0 Å². The second-order valence-electron chi connectivity index (χ2n) is 8.09. The third kappa shape index (κ3) is 3.58. The maximum atomic E-state index is 13.6. The van der Waals surface area contributed by atoms with Gasteiger partial charge in [-0.3, -0.25) is 14.5 Å². The number of anilines is 2. The van der Waals surface area contributed by atoms with Crippen molar-refractivity contribution in [2.24, 2.45) is 0 Å². The molecule has 1 aliphatic rings. The number of para-hydroxylation sites is 1. The van der Waals surface area contributed by atoms with E-state index in [1.165, 1.54) is 16.2 Å². The van der Waals surface area contributed by atoms with Crippen molar-refractivity contribution >= 4 is 34.4 Å². The topological polar surface area (TPSA) is 73.7 Å². The zero-order valence-electron chi connectivity index (χ0n) is 18.7. The summed E-state index contributed by atoms with van der Waals surface area (Å²) in [5, 5.41) is 11.7. The number of ketones is 1. The van der Waals surface area contributed by atoms with Gasteiger partial charge in [0.15, 0.2) is 5.76 Å². The third-order valence-corrected chi connectivity index (χ3v) is 6.73. The Morgan fingerprint density at radius 2 is 1.72 bits per heavy atom. The molecule has 0 aliphatic carbocycles. The van der Waals surface area contributed by atoms with Gasteiger partial charge in [0.25, 0.3) is 5.91 Å². The van der Waals surface area contributed by atoms with Crippen LogP contribution in [0.5, 0.6) is 0 Å². The number of carbonyl (C=O) groups excluding carboxylic acids is 2. The molecule has 0 saturated heterocycles. The minimum atomic E-state index is -0.742. The number of rotatable bonds is 5. The fourth-order valence-corrected chi connectivity index (χ4v) is 4.93. The molecule has 7 heteroatoms. The van der Waals surface area contributed by atoms with E-state index in [0.717, 1.165) is 21.8 Å². The quantitative estimate of drug-likeness (QED) is 0.562. The largest absolute Gasteiger partial charge is 0.503 e. The van der Waals surface area contributed by atoms with Gasteiger partial charge in [-0.15, -0.1) is 11.3 Å². The molecular weight excluding hydrogens is 422 g/mol. The molecule has 2 heterocycles. The molecule has 1 N–H and O–H groups in total. The molecule has 2 aromatic carbocycles. The smallest absolute Gasteiger partial charge is 0.294 e. The molecule has 0 radical (unpaired) electrons. The van der Waals surface area contributed by atoms with Crippen LogP contribution in [0.25, 0.3) is 0 Å². The number of aromatic nitrogens is 1. The summed E-state index contributed by atoms with van der Waals surface area (Å²) in [6.45, 7) is 5.51. The lowest BCUT2D eigenvalue weighted by atomic mass is 9.94. The molecule has 32 heavy (non-hydrogen) atoms. The van der Waals surface area contributed by atoms with Crippen LogP contribution < -0.4 is 9.80 Å². The number of thiazole rings is 1. The zero-order valence-corrected chi connectivity index (χ0v) is 19.5. The van der Waals surface area contributed by atoms with E-state index < -0.39 is 17.7 Å². The summed E-state index contributed by atoms with van der Waals surface area (Å²) in [6, 6.07) is 14.4. The highest BCUT2D eigenvalue weighted by Crippen LogP contribution is 2.43. The van der Waals surface area contributed by atoms with Crippen molar-refractivity contribution in [3.8, 4) is 0 Å². The summed E-state index contributed by atoms with van der Waals surface area (Å²) < 4.78 is 0. The maximum Gasteiger partial charge on any atom is 0.294 e. The van der Waals surface area contributed by atoms with Gasteiger partial charge in [0.05, 0.1) is 27.2 Å². The van der Waals surface area contributed by atoms with Crippen molar-refractivity contribution in [2.45, 2.75) is 26.8 Å². The van der Waals surface area contributed by atoms with Crippen molar-refractivity contribution in [1.82, 2.24) is 4.98 Å². The van der Waals surface area contributed by atoms with Gasteiger partial charge in [-0.05, 0) is 50.1 Å². The standard InChI is InChI=1S/C25H25N3O3S/c1-14-8-6-7-9-19(14)28-21(17-10-12-18(13-11-17)27(4)5)20(23(30)25(28)31)22(29)24-15(2)26-16(3)32-24/h6-13,21,30H,1-5H3. The molecular formula is C25H25N3O3S. The van der Waals surface area contributed by atoms with Crippen molar-refractivity contribution in [3.05, 3.63) is 86.6 Å². The van der Waals surface area contributed by atoms with E-state index in [1.807, 2.05) is 81.4 Å². The number of Topliss-reactive ketones (excluding diaryl/α,β-unsaturated/α-hetero) is 1. The highest BCUT2D eigenvalue weighted by atomic mass is 32.1. The Hall–Kier alpha value is -3.45. The molecule has 4 rings (SSSR count). The summed E-state index contributed by atoms with van der Waals surface area (Å²) in [5.74, 6) is -1.45. The van der Waals surface area contributed by atoms with E-state index in [9.17, 15) is 14.7 Å². The Morgan fingerprint density at radius 1 is 1.06 bits per heavy atom. The molecule has 0 spiro atoms. The Kier molecular flexibility index (Phi) is 5.60. The minimum Gasteiger partial charge on any atom is -0.503 e. The molecule has 6 nitrogen and oxygen atoms in total. The average molecular weight is 448 g/mol. The van der Waals surface area contributed by atoms with Gasteiger partial charge < -0.3 is 10.0 Å². The van der Waals surface area contributed by atoms with E-state index in [-0.39, 0.29) is 11.4 Å². The Bertz CT molecular complexity index is 1240. The monoisotopic (exact) mass is 447 g/mol. The van der Waals surface area contributed by atoms with E-state index in [1.54, 1.807) is 6.92 Å². The molecule has 1 atom stereocenters. The number of aliphatic hydroxyl groups excluding tert-OH is 1. The molecule has 0 saturated carbocycles. The van der Waals surface area contributed by atoms with Crippen LogP contribution in [0.1, 0.15) is 37.5 Å². The molecule has 1 aromatic heterocycles. The molecule has 0 bridgehead atoms. The molecule has 0 fully saturated rings. The number of hydrogen-bond donors (Lipinski definition) is 1. The zero-order chi connectivity index (χ0) is 23.2. The lowest BCUT2D eigenvalue weighted by Gasteiger charge is -2.28. The predicted molar refractivity (Wildman–Crippen MR) is 128 cm³/mol. The van der Waals surface area contributed by atoms with Gasteiger partial charge in [0, 0.05) is 25.5 Å². The van der Waals surface area contributed by atoms with Crippen LogP contribution in [0.3, 0.4) is 0 Å². The van der Waals surface area contributed by atoms with Gasteiger partial charge in [-0.25, -0.2) is 4.98 Å². The molecule has 164 valence electrons. The van der Waals surface area contributed by atoms with Crippen LogP contribution >= 0.6 is 11.3 Å². The number of aliphatic hydroxyl groups is 1. The Balaban J connectivity index is 1.90. The van der Waals surface area contributed by atoms with Gasteiger partial charge in [-0.1, -0.05) is 30.3 Å². The number of aryl methyl sites for hydroxylation is 3. The van der Waals surface area contributed by atoms with Gasteiger partial charge in [0.2, 0.25) is 5.78 Å². The summed E-state index contributed by atoms with van der Waals surface area (Å²) in [7, 11) is 3.90. The number of benzene rings is 2. The van der Waals surface area contributed by atoms with Crippen LogP contribution in [-0.2, 0) is 4.79 Å². The second kappa shape index (κ2) is 8.24. The first-order valence-corrected chi connectivity index (χ1v) is 11.1. The summed E-state index contributed by atoms with van der Waals surface area (Å²) >= 11 is 1.27. The van der Waals surface area contributed by atoms with E-state index in [2.05, 4.69) is 4.98 Å². The minimum absolute atomic E-state index is 0.0857. The van der Waals surface area contributed by atoms with Gasteiger partial charge in [-0.2, -0.15) is 0 Å². The van der Waals surface area contributed by atoms with Crippen LogP contribution in [-0.4, -0.2) is 35.9 Å². The second-order valence-corrected chi connectivity index (χ2v) is 9.29. The van der Waals surface area contributed by atoms with Crippen molar-refractivity contribution in [3.63, 3.8) is 0 Å². The van der Waals surface area contributed by atoms with Crippen LogP contribution in [0.15, 0.2) is 59.9 Å². The first kappa shape index (κ1) is 21.8. The predicted octanol–water partition coefficient (Wildman–Crippen LogP) is 4.92. The lowest BCUT2D eigenvalue weighted by molar-refractivity contribution is -0.117. The fraction of sp³-hybridized carbons (Fsp3) is 0.240. The van der Waals surface area contributed by atoms with Crippen molar-refractivity contribution < 1.29 is 14.7 Å². The van der Waals surface area contributed by atoms with Crippen molar-refractivity contribution in [2.75, 3.05) is 23.9 Å². The van der Waals surface area contributed by atoms with E-state index in [4.69, 9.17) is 0 Å². The van der Waals surface area contributed by atoms with Crippen LogP contribution in [0.4, 0.5) is 11.4 Å². The molecule has 1 aliphatic heterocycles. The van der Waals surface area contributed by atoms with Crippen LogP contribution in [0.2, 0.25) is 0 Å². The summed E-state index contributed by atoms with van der Waals surface area (Å²) in [6.07, 6.45) is 0. The summed E-state index contributed by atoms with van der Waals surface area (Å²) in [4.78, 5) is 35.2. The fourth-order valence-electron chi connectivity index (χ4n) is 4.05. The highest BCUT2D eigenvalue weighted by Gasteiger charge is 2.45. The maximum absolute atomic E-state index is 13.6. The first-order valence-electron chi connectivity index (χ1n) is 10.3. The highest BCUT2D eigenvalue weighted by molar-refractivity contribution is 7.14. The lowest BCUT2D eigenvalue weighted by Crippen LogP contribution is -2.31. The number of hydrogen-bond acceptors (Lipinski definition) is 6. The molecule has 1 amide bonds. The van der Waals surface area contributed by atoms with E-state index in [0.29, 0.717) is 16.3 Å². The normalized spacial score (nSPS) is 16.1. The number of carbonyl (C=O) groups is 2. The molecule has 3 aromatic rings. The third-order valence-electron chi connectivity index (χ3n) is 5.66.